The highest BCUT2D eigenvalue weighted by Crippen LogP contribution is 2.40. The molecule has 0 saturated carbocycles. The van der Waals surface area contributed by atoms with Gasteiger partial charge < -0.3 is 10.8 Å². The van der Waals surface area contributed by atoms with Crippen molar-refractivity contribution in [1.82, 2.24) is 14.5 Å². The molecule has 0 aromatic carbocycles. The van der Waals surface area contributed by atoms with Crippen LogP contribution in [0.1, 0.15) is 5.69 Å². The lowest BCUT2D eigenvalue weighted by Gasteiger charge is -2.48. The van der Waals surface area contributed by atoms with E-state index in [1.165, 1.54) is 39.1 Å². The molecule has 1 saturated heterocycles. The van der Waals surface area contributed by atoms with Crippen LogP contribution in [0.15, 0.2) is 27.3 Å². The van der Waals surface area contributed by atoms with Crippen molar-refractivity contribution >= 4 is 35.4 Å². The van der Waals surface area contributed by atoms with Crippen molar-refractivity contribution in [3.05, 3.63) is 33.4 Å². The monoisotopic (exact) mass is 368 g/mol. The van der Waals surface area contributed by atoms with Crippen molar-refractivity contribution in [2.45, 2.75) is 23.5 Å². The van der Waals surface area contributed by atoms with Crippen LogP contribution < -0.4 is 11.3 Å². The summed E-state index contributed by atoms with van der Waals surface area (Å²) in [5.41, 5.74) is 6.80. The average molecular weight is 368 g/mol. The third-order valence-electron chi connectivity index (χ3n) is 3.89. The Morgan fingerprint density at radius 1 is 1.54 bits per heavy atom. The van der Waals surface area contributed by atoms with E-state index < -0.39 is 12.0 Å². The number of carboxylic acids is 1. The van der Waals surface area contributed by atoms with Crippen LogP contribution in [0.3, 0.4) is 0 Å². The smallest absolute Gasteiger partial charge is 0.352 e. The Morgan fingerprint density at radius 2 is 2.25 bits per heavy atom. The fraction of sp³-hybridized carbons (Fsp3) is 0.429. The summed E-state index contributed by atoms with van der Waals surface area (Å²) in [4.78, 5) is 40.9. The van der Waals surface area contributed by atoms with Gasteiger partial charge in [-0.05, 0) is 12.5 Å². The van der Waals surface area contributed by atoms with Crippen LogP contribution in [0.5, 0.6) is 0 Å². The van der Waals surface area contributed by atoms with E-state index in [0.717, 1.165) is 0 Å². The highest BCUT2D eigenvalue weighted by atomic mass is 32.2. The molecule has 0 spiro atoms. The van der Waals surface area contributed by atoms with Gasteiger partial charge in [0.15, 0.2) is 5.16 Å². The van der Waals surface area contributed by atoms with E-state index in [1.54, 1.807) is 14.0 Å². The minimum Gasteiger partial charge on any atom is -0.477 e. The second-order valence-electron chi connectivity index (χ2n) is 5.56. The van der Waals surface area contributed by atoms with E-state index in [9.17, 15) is 19.5 Å². The second kappa shape index (κ2) is 6.26. The maximum absolute atomic E-state index is 11.9. The third kappa shape index (κ3) is 2.74. The fourth-order valence-electron chi connectivity index (χ4n) is 2.60. The van der Waals surface area contributed by atoms with Gasteiger partial charge in [0.05, 0.1) is 0 Å². The number of carbonyl (C=O) groups is 2. The molecular weight excluding hydrogens is 352 g/mol. The van der Waals surface area contributed by atoms with Gasteiger partial charge >= 0.3 is 5.97 Å². The summed E-state index contributed by atoms with van der Waals surface area (Å²) in [5, 5.41) is 9.70. The predicted octanol–water partition coefficient (Wildman–Crippen LogP) is -0.238. The number of carboxylic acid groups (broad SMARTS) is 1. The van der Waals surface area contributed by atoms with Gasteiger partial charge in [-0.1, -0.05) is 11.8 Å². The predicted molar refractivity (Wildman–Crippen MR) is 90.7 cm³/mol. The molecule has 1 fully saturated rings. The van der Waals surface area contributed by atoms with Gasteiger partial charge in [-0.25, -0.2) is 9.78 Å². The lowest BCUT2D eigenvalue weighted by atomic mass is 10.0. The fourth-order valence-corrected chi connectivity index (χ4v) is 5.06. The Hall–Kier alpha value is -1.78. The van der Waals surface area contributed by atoms with Gasteiger partial charge in [-0.15, -0.1) is 11.8 Å². The molecule has 1 aromatic heterocycles. The van der Waals surface area contributed by atoms with Crippen molar-refractivity contribution in [3.8, 4) is 0 Å². The highest BCUT2D eigenvalue weighted by molar-refractivity contribution is 8.01. The molecule has 1 aromatic rings. The molecule has 0 aliphatic carbocycles. The number of rotatable bonds is 4. The number of thioether (sulfide) groups is 2. The van der Waals surface area contributed by atoms with E-state index in [4.69, 9.17) is 5.73 Å². The first-order chi connectivity index (χ1) is 11.3. The van der Waals surface area contributed by atoms with Crippen molar-refractivity contribution in [2.75, 3.05) is 11.5 Å². The van der Waals surface area contributed by atoms with Crippen LogP contribution in [-0.2, 0) is 16.6 Å². The van der Waals surface area contributed by atoms with E-state index in [0.29, 0.717) is 27.9 Å². The SMILES string of the molecule is Cc1cc(=O)n(C)c(SCC2=C(C(=O)O)N3C(=O)C(N)[C@H]3SC2)n1. The summed E-state index contributed by atoms with van der Waals surface area (Å²) >= 11 is 2.74. The van der Waals surface area contributed by atoms with Crippen LogP contribution in [0, 0.1) is 6.92 Å². The number of hydrogen-bond acceptors (Lipinski definition) is 7. The molecule has 1 unspecified atom stereocenters. The minimum absolute atomic E-state index is 0.00982. The minimum atomic E-state index is -1.14. The molecule has 10 heteroatoms. The molecule has 2 aliphatic rings. The van der Waals surface area contributed by atoms with E-state index >= 15 is 0 Å². The van der Waals surface area contributed by atoms with Crippen LogP contribution >= 0.6 is 23.5 Å². The second-order valence-corrected chi connectivity index (χ2v) is 7.61. The number of aliphatic carboxylic acids is 1. The molecular formula is C14H16N4O4S2. The molecule has 24 heavy (non-hydrogen) atoms. The summed E-state index contributed by atoms with van der Waals surface area (Å²) in [6.45, 7) is 1.73. The molecule has 3 rings (SSSR count). The van der Waals surface area contributed by atoms with Gasteiger partial charge in [0, 0.05) is 30.3 Å². The summed E-state index contributed by atoms with van der Waals surface area (Å²) in [6, 6.07) is 0.797. The van der Waals surface area contributed by atoms with Crippen molar-refractivity contribution < 1.29 is 14.7 Å². The number of fused-ring (bicyclic) bond motifs is 1. The summed E-state index contributed by atoms with van der Waals surface area (Å²) in [5.74, 6) is -0.684. The molecule has 3 heterocycles. The molecule has 0 radical (unpaired) electrons. The first-order valence-electron chi connectivity index (χ1n) is 7.14. The van der Waals surface area contributed by atoms with Crippen LogP contribution in [0.25, 0.3) is 0 Å². The zero-order valence-electron chi connectivity index (χ0n) is 13.1. The van der Waals surface area contributed by atoms with Gasteiger partial charge in [-0.3, -0.25) is 19.1 Å². The number of aromatic nitrogens is 2. The lowest BCUT2D eigenvalue weighted by Crippen LogP contribution is -2.68. The summed E-state index contributed by atoms with van der Waals surface area (Å²) < 4.78 is 1.42. The van der Waals surface area contributed by atoms with Gasteiger partial charge in [0.1, 0.15) is 17.1 Å². The Balaban J connectivity index is 1.87. The number of nitrogens with two attached hydrogens (primary N) is 1. The first kappa shape index (κ1) is 17.1. The van der Waals surface area contributed by atoms with Crippen LogP contribution in [0.2, 0.25) is 0 Å². The number of hydrogen-bond donors (Lipinski definition) is 2. The first-order valence-corrected chi connectivity index (χ1v) is 9.17. The quantitative estimate of drug-likeness (QED) is 0.425. The Bertz CT molecular complexity index is 819. The summed E-state index contributed by atoms with van der Waals surface area (Å²) in [6.07, 6.45) is 0. The molecule has 1 amide bonds. The van der Waals surface area contributed by atoms with Crippen LogP contribution in [0.4, 0.5) is 0 Å². The number of carbonyl (C=O) groups excluding carboxylic acids is 1. The molecule has 0 bridgehead atoms. The van der Waals surface area contributed by atoms with Crippen molar-refractivity contribution in [1.29, 1.82) is 0 Å². The topological polar surface area (TPSA) is 119 Å². The zero-order chi connectivity index (χ0) is 17.6. The normalized spacial score (nSPS) is 23.1. The van der Waals surface area contributed by atoms with E-state index in [-0.39, 0.29) is 22.5 Å². The Morgan fingerprint density at radius 3 is 2.92 bits per heavy atom. The lowest BCUT2D eigenvalue weighted by molar-refractivity contribution is -0.147. The van der Waals surface area contributed by atoms with Gasteiger partial charge in [0.25, 0.3) is 5.56 Å². The van der Waals surface area contributed by atoms with Crippen molar-refractivity contribution in [3.63, 3.8) is 0 Å². The average Bonchev–Trinajstić information content (AvgIpc) is 2.54. The molecule has 2 aliphatic heterocycles. The maximum Gasteiger partial charge on any atom is 0.352 e. The van der Waals surface area contributed by atoms with Gasteiger partial charge in [-0.2, -0.15) is 0 Å². The molecule has 8 nitrogen and oxygen atoms in total. The Labute approximate surface area is 146 Å². The standard InChI is InChI=1S/C14H16N4O4S2/c1-6-3-8(19)17(2)14(16-6)24-5-7-4-23-12-9(15)11(20)18(12)10(7)13(21)22/h3,9,12H,4-5,15H2,1-2H3,(H,21,22)/t9?,12-/m1/s1. The van der Waals surface area contributed by atoms with E-state index in [2.05, 4.69) is 4.98 Å². The molecule has 128 valence electrons. The zero-order valence-corrected chi connectivity index (χ0v) is 14.7. The van der Waals surface area contributed by atoms with Gasteiger partial charge in [0.2, 0.25) is 5.91 Å². The number of β-lactam (4-membered cyclic amide) rings is 1. The molecule has 2 atom stereocenters. The number of amides is 1. The third-order valence-corrected chi connectivity index (χ3v) is 6.37. The highest BCUT2D eigenvalue weighted by Gasteiger charge is 2.51. The van der Waals surface area contributed by atoms with E-state index in [1.807, 2.05) is 0 Å². The number of nitrogens with zero attached hydrogens (tertiary/aromatic N) is 3. The van der Waals surface area contributed by atoms with Crippen LogP contribution in [-0.4, -0.2) is 54.4 Å². The Kier molecular flexibility index (Phi) is 4.45. The maximum atomic E-state index is 11.9. The van der Waals surface area contributed by atoms with Crippen molar-refractivity contribution in [2.24, 2.45) is 12.8 Å². The number of aryl methyl sites for hydroxylation is 1. The molecule has 3 N–H and O–H groups in total. The summed E-state index contributed by atoms with van der Waals surface area (Å²) in [7, 11) is 1.62. The largest absolute Gasteiger partial charge is 0.477 e.